The molecule has 0 aromatic carbocycles. The summed E-state index contributed by atoms with van der Waals surface area (Å²) in [5, 5.41) is 0. The summed E-state index contributed by atoms with van der Waals surface area (Å²) >= 11 is 0. The fourth-order valence-electron chi connectivity index (χ4n) is 3.24. The predicted octanol–water partition coefficient (Wildman–Crippen LogP) is 3.07. The molecule has 6 nitrogen and oxygen atoms in total. The molecule has 0 radical (unpaired) electrons. The molecule has 0 spiro atoms. The number of nitrogens with zero attached hydrogens (tertiary/aromatic N) is 3. The van der Waals surface area contributed by atoms with E-state index in [1.54, 1.807) is 19.5 Å². The van der Waals surface area contributed by atoms with Gasteiger partial charge in [0.2, 0.25) is 17.7 Å². The number of carbonyl (C=O) groups excluding carboxylic acids is 1. The Morgan fingerprint density at radius 3 is 2.67 bits per heavy atom. The van der Waals surface area contributed by atoms with Crippen LogP contribution in [-0.4, -0.2) is 47.1 Å². The van der Waals surface area contributed by atoms with Gasteiger partial charge in [-0.15, -0.1) is 0 Å². The van der Waals surface area contributed by atoms with Crippen molar-refractivity contribution in [1.29, 1.82) is 0 Å². The van der Waals surface area contributed by atoms with Gasteiger partial charge >= 0.3 is 0 Å². The molecule has 1 fully saturated rings. The number of piperidine rings is 1. The van der Waals surface area contributed by atoms with E-state index in [0.717, 1.165) is 45.1 Å². The third-order valence-electron chi connectivity index (χ3n) is 4.40. The Bertz CT molecular complexity index is 518. The second-order valence-corrected chi connectivity index (χ2v) is 6.34. The normalized spacial score (nSPS) is 17.8. The number of hydrogen-bond acceptors (Lipinski definition) is 5. The summed E-state index contributed by atoms with van der Waals surface area (Å²) in [4.78, 5) is 23.1. The van der Waals surface area contributed by atoms with Crippen LogP contribution in [0.3, 0.4) is 0 Å². The highest BCUT2D eigenvalue weighted by atomic mass is 16.5. The van der Waals surface area contributed by atoms with Crippen molar-refractivity contribution in [2.75, 3.05) is 20.2 Å². The highest BCUT2D eigenvalue weighted by Crippen LogP contribution is 2.22. The fourth-order valence-corrected chi connectivity index (χ4v) is 3.24. The molecule has 1 atom stereocenters. The van der Waals surface area contributed by atoms with E-state index in [2.05, 4.69) is 23.8 Å². The van der Waals surface area contributed by atoms with Crippen LogP contribution in [0.1, 0.15) is 52.4 Å². The molecule has 0 bridgehead atoms. The molecule has 0 N–H and O–H groups in total. The van der Waals surface area contributed by atoms with Crippen molar-refractivity contribution in [1.82, 2.24) is 14.9 Å². The molecule has 1 aromatic heterocycles. The van der Waals surface area contributed by atoms with E-state index < -0.39 is 0 Å². The van der Waals surface area contributed by atoms with Gasteiger partial charge in [0.15, 0.2) is 0 Å². The molecule has 1 aliphatic rings. The van der Waals surface area contributed by atoms with Crippen molar-refractivity contribution in [3.63, 3.8) is 0 Å². The predicted molar refractivity (Wildman–Crippen MR) is 92.1 cm³/mol. The van der Waals surface area contributed by atoms with Crippen LogP contribution in [0.4, 0.5) is 0 Å². The second-order valence-electron chi connectivity index (χ2n) is 6.34. The monoisotopic (exact) mass is 335 g/mol. The highest BCUT2D eigenvalue weighted by molar-refractivity contribution is 5.79. The minimum Gasteiger partial charge on any atom is -0.480 e. The van der Waals surface area contributed by atoms with E-state index in [0.29, 0.717) is 18.3 Å². The Kier molecular flexibility index (Phi) is 7.28. The van der Waals surface area contributed by atoms with Gasteiger partial charge in [-0.2, -0.15) is 4.98 Å². The molecule has 1 aliphatic heterocycles. The average Bonchev–Trinajstić information content (AvgIpc) is 2.61. The summed E-state index contributed by atoms with van der Waals surface area (Å²) in [6.45, 7) is 5.73. The maximum Gasteiger partial charge on any atom is 0.235 e. The summed E-state index contributed by atoms with van der Waals surface area (Å²) < 4.78 is 11.0. The van der Waals surface area contributed by atoms with Crippen LogP contribution in [0.25, 0.3) is 0 Å². The van der Waals surface area contributed by atoms with E-state index >= 15 is 0 Å². The van der Waals surface area contributed by atoms with Crippen LogP contribution in [0.2, 0.25) is 0 Å². The van der Waals surface area contributed by atoms with Crippen molar-refractivity contribution in [2.45, 2.75) is 58.5 Å². The standard InChI is InChI=1S/C18H29N3O3/c1-4-7-14(8-5-2)18(22)21-10-6-9-15(13-21)24-17-12-19-11-16(20-17)23-3/h11-12,14-15H,4-10,13H2,1-3H3. The number of likely N-dealkylation sites (tertiary alicyclic amines) is 1. The Morgan fingerprint density at radius 2 is 2.00 bits per heavy atom. The summed E-state index contributed by atoms with van der Waals surface area (Å²) in [6.07, 6.45) is 9.00. The van der Waals surface area contributed by atoms with Crippen LogP contribution in [0.15, 0.2) is 12.4 Å². The zero-order valence-corrected chi connectivity index (χ0v) is 15.0. The zero-order chi connectivity index (χ0) is 17.4. The lowest BCUT2D eigenvalue weighted by atomic mass is 9.95. The first-order valence-electron chi connectivity index (χ1n) is 8.99. The lowest BCUT2D eigenvalue weighted by Gasteiger charge is -2.34. The maximum atomic E-state index is 12.8. The van der Waals surface area contributed by atoms with E-state index in [1.807, 2.05) is 4.90 Å². The van der Waals surface area contributed by atoms with Crippen LogP contribution < -0.4 is 9.47 Å². The number of amides is 1. The van der Waals surface area contributed by atoms with Gasteiger partial charge in [0.05, 0.1) is 26.0 Å². The number of hydrogen-bond donors (Lipinski definition) is 0. The first-order valence-corrected chi connectivity index (χ1v) is 8.99. The summed E-state index contributed by atoms with van der Waals surface area (Å²) in [6, 6.07) is 0. The molecule has 0 saturated carbocycles. The van der Waals surface area contributed by atoms with E-state index in [-0.39, 0.29) is 17.9 Å². The topological polar surface area (TPSA) is 64.6 Å². The Morgan fingerprint density at radius 1 is 1.29 bits per heavy atom. The molecule has 2 rings (SSSR count). The lowest BCUT2D eigenvalue weighted by molar-refractivity contribution is -0.138. The average molecular weight is 335 g/mol. The minimum atomic E-state index is -0.0343. The highest BCUT2D eigenvalue weighted by Gasteiger charge is 2.29. The number of methoxy groups -OCH3 is 1. The van der Waals surface area contributed by atoms with Gasteiger partial charge in [-0.3, -0.25) is 9.78 Å². The Hall–Kier alpha value is -1.85. The van der Waals surface area contributed by atoms with Gasteiger partial charge in [0, 0.05) is 12.5 Å². The second kappa shape index (κ2) is 9.45. The van der Waals surface area contributed by atoms with E-state index in [1.165, 1.54) is 0 Å². The third kappa shape index (κ3) is 5.08. The molecular formula is C18H29N3O3. The fraction of sp³-hybridized carbons (Fsp3) is 0.722. The van der Waals surface area contributed by atoms with E-state index in [9.17, 15) is 4.79 Å². The lowest BCUT2D eigenvalue weighted by Crippen LogP contribution is -2.46. The minimum absolute atomic E-state index is 0.0343. The molecule has 1 unspecified atom stereocenters. The molecular weight excluding hydrogens is 306 g/mol. The molecule has 1 amide bonds. The van der Waals surface area contributed by atoms with Crippen LogP contribution in [0.5, 0.6) is 11.8 Å². The summed E-state index contributed by atoms with van der Waals surface area (Å²) in [5.41, 5.74) is 0. The van der Waals surface area contributed by atoms with Crippen LogP contribution in [0, 0.1) is 5.92 Å². The smallest absolute Gasteiger partial charge is 0.235 e. The number of rotatable bonds is 8. The number of ether oxygens (including phenoxy) is 2. The molecule has 2 heterocycles. The van der Waals surface area contributed by atoms with Crippen molar-refractivity contribution in [2.24, 2.45) is 5.92 Å². The first-order chi connectivity index (χ1) is 11.7. The van der Waals surface area contributed by atoms with Crippen LogP contribution >= 0.6 is 0 Å². The van der Waals surface area contributed by atoms with Gasteiger partial charge < -0.3 is 14.4 Å². The van der Waals surface area contributed by atoms with E-state index in [4.69, 9.17) is 9.47 Å². The van der Waals surface area contributed by atoms with Crippen molar-refractivity contribution >= 4 is 5.91 Å². The van der Waals surface area contributed by atoms with Crippen molar-refractivity contribution in [3.8, 4) is 11.8 Å². The molecule has 1 saturated heterocycles. The largest absolute Gasteiger partial charge is 0.480 e. The number of carbonyl (C=O) groups is 1. The van der Waals surface area contributed by atoms with Crippen molar-refractivity contribution < 1.29 is 14.3 Å². The quantitative estimate of drug-likeness (QED) is 0.730. The molecule has 6 heteroatoms. The van der Waals surface area contributed by atoms with Gasteiger partial charge in [-0.05, 0) is 25.7 Å². The molecule has 24 heavy (non-hydrogen) atoms. The number of aromatic nitrogens is 2. The molecule has 1 aromatic rings. The van der Waals surface area contributed by atoms with Gasteiger partial charge in [-0.25, -0.2) is 0 Å². The van der Waals surface area contributed by atoms with Crippen LogP contribution in [-0.2, 0) is 4.79 Å². The van der Waals surface area contributed by atoms with Gasteiger partial charge in [0.25, 0.3) is 0 Å². The molecule has 134 valence electrons. The first kappa shape index (κ1) is 18.5. The summed E-state index contributed by atoms with van der Waals surface area (Å²) in [7, 11) is 1.55. The summed E-state index contributed by atoms with van der Waals surface area (Å²) in [5.74, 6) is 1.31. The Balaban J connectivity index is 1.96. The van der Waals surface area contributed by atoms with Crippen molar-refractivity contribution in [3.05, 3.63) is 12.4 Å². The van der Waals surface area contributed by atoms with Gasteiger partial charge in [-0.1, -0.05) is 26.7 Å². The zero-order valence-electron chi connectivity index (χ0n) is 15.0. The third-order valence-corrected chi connectivity index (χ3v) is 4.40. The molecule has 0 aliphatic carbocycles. The SMILES string of the molecule is CCCC(CCC)C(=O)N1CCCC(Oc2cncc(OC)n2)C1. The maximum absolute atomic E-state index is 12.8. The van der Waals surface area contributed by atoms with Gasteiger partial charge in [0.1, 0.15) is 6.10 Å². The Labute approximate surface area is 144 Å².